The number of rotatable bonds is 6. The van der Waals surface area contributed by atoms with Gasteiger partial charge in [0.15, 0.2) is 0 Å². The molecule has 0 spiro atoms. The Kier molecular flexibility index (Phi) is 6.72. The number of amides is 2. The Hall–Kier alpha value is -3.36. The maximum atomic E-state index is 12.4. The van der Waals surface area contributed by atoms with Crippen molar-refractivity contribution in [3.63, 3.8) is 0 Å². The second-order valence-corrected chi connectivity index (χ2v) is 8.57. The molecule has 1 aromatic heterocycles. The molecule has 1 fully saturated rings. The first-order chi connectivity index (χ1) is 15.5. The van der Waals surface area contributed by atoms with Crippen LogP contribution in [0.25, 0.3) is 17.4 Å². The zero-order valence-electron chi connectivity index (χ0n) is 17.2. The van der Waals surface area contributed by atoms with Gasteiger partial charge in [0.05, 0.1) is 4.91 Å². The molecule has 0 bridgehead atoms. The summed E-state index contributed by atoms with van der Waals surface area (Å²) in [6.07, 6.45) is 1.16. The Labute approximate surface area is 195 Å². The van der Waals surface area contributed by atoms with Gasteiger partial charge in [0.25, 0.3) is 5.91 Å². The van der Waals surface area contributed by atoms with E-state index in [1.807, 2.05) is 55.5 Å². The minimum Gasteiger partial charge on any atom is -0.457 e. The molecule has 2 aromatic carbocycles. The SMILES string of the molecule is CCN1C(=O)/C(=C/c2ccc(-c3cccc(NC(=O)OCc4ccccc4)c3)o2)SC1=S. The highest BCUT2D eigenvalue weighted by atomic mass is 32.2. The Balaban J connectivity index is 1.42. The van der Waals surface area contributed by atoms with E-state index in [0.29, 0.717) is 33.0 Å². The monoisotopic (exact) mass is 464 g/mol. The summed E-state index contributed by atoms with van der Waals surface area (Å²) in [6, 6.07) is 20.3. The fraction of sp³-hybridized carbons (Fsp3) is 0.125. The highest BCUT2D eigenvalue weighted by molar-refractivity contribution is 8.26. The molecule has 0 aliphatic carbocycles. The van der Waals surface area contributed by atoms with E-state index in [1.54, 1.807) is 29.2 Å². The van der Waals surface area contributed by atoms with Crippen LogP contribution in [0.4, 0.5) is 10.5 Å². The van der Waals surface area contributed by atoms with Crippen molar-refractivity contribution in [3.8, 4) is 11.3 Å². The van der Waals surface area contributed by atoms with E-state index in [1.165, 1.54) is 11.8 Å². The summed E-state index contributed by atoms with van der Waals surface area (Å²) in [5.41, 5.74) is 2.28. The molecule has 0 atom stereocenters. The van der Waals surface area contributed by atoms with E-state index in [0.717, 1.165) is 11.1 Å². The van der Waals surface area contributed by atoms with E-state index in [9.17, 15) is 9.59 Å². The smallest absolute Gasteiger partial charge is 0.411 e. The van der Waals surface area contributed by atoms with Crippen LogP contribution in [0.2, 0.25) is 0 Å². The third kappa shape index (κ3) is 5.09. The molecule has 3 aromatic rings. The van der Waals surface area contributed by atoms with E-state index < -0.39 is 6.09 Å². The first-order valence-electron chi connectivity index (χ1n) is 9.97. The van der Waals surface area contributed by atoms with Crippen LogP contribution in [0.15, 0.2) is 76.1 Å². The number of anilines is 1. The van der Waals surface area contributed by atoms with E-state index >= 15 is 0 Å². The summed E-state index contributed by atoms with van der Waals surface area (Å²) in [6.45, 7) is 2.62. The van der Waals surface area contributed by atoms with Crippen molar-refractivity contribution in [2.45, 2.75) is 13.5 Å². The molecule has 1 aliphatic heterocycles. The molecule has 6 nitrogen and oxygen atoms in total. The fourth-order valence-electron chi connectivity index (χ4n) is 3.11. The number of benzene rings is 2. The summed E-state index contributed by atoms with van der Waals surface area (Å²) < 4.78 is 11.7. The summed E-state index contributed by atoms with van der Waals surface area (Å²) in [5.74, 6) is 1.06. The number of thiocarbonyl (C=S) groups is 1. The van der Waals surface area contributed by atoms with Crippen LogP contribution in [0.3, 0.4) is 0 Å². The van der Waals surface area contributed by atoms with Crippen molar-refractivity contribution in [1.29, 1.82) is 0 Å². The number of ether oxygens (including phenoxy) is 1. The Bertz CT molecular complexity index is 1190. The van der Waals surface area contributed by atoms with Crippen LogP contribution >= 0.6 is 24.0 Å². The highest BCUT2D eigenvalue weighted by Crippen LogP contribution is 2.33. The zero-order chi connectivity index (χ0) is 22.5. The van der Waals surface area contributed by atoms with Gasteiger partial charge >= 0.3 is 6.09 Å². The van der Waals surface area contributed by atoms with E-state index in [4.69, 9.17) is 21.4 Å². The lowest BCUT2D eigenvalue weighted by molar-refractivity contribution is -0.122. The number of furan rings is 1. The summed E-state index contributed by atoms with van der Waals surface area (Å²) >= 11 is 6.50. The number of hydrogen-bond acceptors (Lipinski definition) is 6. The van der Waals surface area contributed by atoms with Crippen molar-refractivity contribution in [2.75, 3.05) is 11.9 Å². The van der Waals surface area contributed by atoms with Gasteiger partial charge in [0, 0.05) is 23.9 Å². The number of thioether (sulfide) groups is 1. The minimum atomic E-state index is -0.538. The number of likely N-dealkylation sites (N-methyl/N-ethyl adjacent to an activating group) is 1. The number of nitrogens with one attached hydrogen (secondary N) is 1. The van der Waals surface area contributed by atoms with Crippen molar-refractivity contribution in [3.05, 3.63) is 83.0 Å². The van der Waals surface area contributed by atoms with Gasteiger partial charge in [0.2, 0.25) is 0 Å². The average molecular weight is 465 g/mol. The van der Waals surface area contributed by atoms with Gasteiger partial charge in [-0.25, -0.2) is 4.79 Å². The normalized spacial score (nSPS) is 14.8. The molecule has 162 valence electrons. The lowest BCUT2D eigenvalue weighted by atomic mass is 10.1. The molecule has 0 unspecified atom stereocenters. The first kappa shape index (κ1) is 21.9. The van der Waals surface area contributed by atoms with Crippen LogP contribution in [-0.2, 0) is 16.1 Å². The molecule has 0 radical (unpaired) electrons. The average Bonchev–Trinajstić information content (AvgIpc) is 3.37. The van der Waals surface area contributed by atoms with Gasteiger partial charge in [-0.1, -0.05) is 66.4 Å². The van der Waals surface area contributed by atoms with E-state index in [-0.39, 0.29) is 12.5 Å². The molecular formula is C24H20N2O4S2. The molecule has 32 heavy (non-hydrogen) atoms. The third-order valence-electron chi connectivity index (χ3n) is 4.70. The van der Waals surface area contributed by atoms with Crippen molar-refractivity contribution >= 4 is 52.1 Å². The maximum absolute atomic E-state index is 12.4. The fourth-order valence-corrected chi connectivity index (χ4v) is 4.48. The molecule has 8 heteroatoms. The molecule has 0 saturated carbocycles. The molecule has 4 rings (SSSR count). The number of hydrogen-bond donors (Lipinski definition) is 1. The number of carbonyl (C=O) groups excluding carboxylic acids is 2. The van der Waals surface area contributed by atoms with Crippen molar-refractivity contribution in [2.24, 2.45) is 0 Å². The van der Waals surface area contributed by atoms with Crippen LogP contribution in [0.5, 0.6) is 0 Å². The Morgan fingerprint density at radius 2 is 1.97 bits per heavy atom. The van der Waals surface area contributed by atoms with Gasteiger partial charge < -0.3 is 9.15 Å². The quantitative estimate of drug-likeness (QED) is 0.361. The van der Waals surface area contributed by atoms with Crippen LogP contribution < -0.4 is 5.32 Å². The van der Waals surface area contributed by atoms with Gasteiger partial charge in [-0.15, -0.1) is 0 Å². The predicted octanol–water partition coefficient (Wildman–Crippen LogP) is 5.92. The molecule has 1 aliphatic rings. The maximum Gasteiger partial charge on any atom is 0.411 e. The molecule has 1 N–H and O–H groups in total. The van der Waals surface area contributed by atoms with Gasteiger partial charge in [0.1, 0.15) is 22.4 Å². The van der Waals surface area contributed by atoms with Gasteiger partial charge in [-0.05, 0) is 36.8 Å². The second-order valence-electron chi connectivity index (χ2n) is 6.90. The summed E-state index contributed by atoms with van der Waals surface area (Å²) in [7, 11) is 0. The zero-order valence-corrected chi connectivity index (χ0v) is 18.9. The van der Waals surface area contributed by atoms with Crippen LogP contribution in [-0.4, -0.2) is 27.8 Å². The molecule has 2 amide bonds. The molecular weight excluding hydrogens is 444 g/mol. The van der Waals surface area contributed by atoms with Crippen molar-refractivity contribution < 1.29 is 18.7 Å². The topological polar surface area (TPSA) is 71.8 Å². The highest BCUT2D eigenvalue weighted by Gasteiger charge is 2.30. The minimum absolute atomic E-state index is 0.110. The number of carbonyl (C=O) groups is 2. The van der Waals surface area contributed by atoms with E-state index in [2.05, 4.69) is 5.32 Å². The van der Waals surface area contributed by atoms with Crippen LogP contribution in [0, 0.1) is 0 Å². The third-order valence-corrected chi connectivity index (χ3v) is 6.07. The predicted molar refractivity (Wildman–Crippen MR) is 130 cm³/mol. The van der Waals surface area contributed by atoms with Crippen molar-refractivity contribution in [1.82, 2.24) is 4.90 Å². The second kappa shape index (κ2) is 9.84. The van der Waals surface area contributed by atoms with Crippen LogP contribution in [0.1, 0.15) is 18.2 Å². The number of nitrogens with zero attached hydrogens (tertiary/aromatic N) is 1. The first-order valence-corrected chi connectivity index (χ1v) is 11.2. The lowest BCUT2D eigenvalue weighted by Gasteiger charge is -2.09. The van der Waals surface area contributed by atoms with Gasteiger partial charge in [-0.3, -0.25) is 15.0 Å². The molecule has 1 saturated heterocycles. The Morgan fingerprint density at radius 1 is 1.16 bits per heavy atom. The molecule has 2 heterocycles. The Morgan fingerprint density at radius 3 is 2.72 bits per heavy atom. The summed E-state index contributed by atoms with van der Waals surface area (Å²) in [5, 5.41) is 2.73. The largest absolute Gasteiger partial charge is 0.457 e. The lowest BCUT2D eigenvalue weighted by Crippen LogP contribution is -2.27. The summed E-state index contributed by atoms with van der Waals surface area (Å²) in [4.78, 5) is 26.6. The van der Waals surface area contributed by atoms with Gasteiger partial charge in [-0.2, -0.15) is 0 Å². The standard InChI is InChI=1S/C24H20N2O4S2/c1-2-26-22(27)21(32-24(26)31)14-19-11-12-20(30-19)17-9-6-10-18(13-17)25-23(28)29-15-16-7-4-3-5-8-16/h3-14H,2,15H2,1H3,(H,25,28)/b21-14-.